The fourth-order valence-electron chi connectivity index (χ4n) is 2.94. The Morgan fingerprint density at radius 3 is 2.82 bits per heavy atom. The van der Waals surface area contributed by atoms with Crippen LogP contribution in [0.3, 0.4) is 0 Å². The summed E-state index contributed by atoms with van der Waals surface area (Å²) in [7, 11) is 0. The Labute approximate surface area is 170 Å². The van der Waals surface area contributed by atoms with Gasteiger partial charge in [0.25, 0.3) is 11.8 Å². The minimum absolute atomic E-state index is 0.0533. The first kappa shape index (κ1) is 18.5. The number of rotatable bonds is 4. The van der Waals surface area contributed by atoms with E-state index in [2.05, 4.69) is 10.3 Å². The number of nitrogens with zero attached hydrogens (tertiary/aromatic N) is 2. The predicted molar refractivity (Wildman–Crippen MR) is 110 cm³/mol. The Morgan fingerprint density at radius 2 is 2.07 bits per heavy atom. The Morgan fingerprint density at radius 1 is 1.29 bits per heavy atom. The zero-order valence-corrected chi connectivity index (χ0v) is 16.5. The minimum atomic E-state index is -0.251. The van der Waals surface area contributed by atoms with Crippen molar-refractivity contribution in [3.05, 3.63) is 58.4 Å². The lowest BCUT2D eigenvalue weighted by Gasteiger charge is -2.28. The smallest absolute Gasteiger partial charge is 0.265 e. The number of halogens is 1. The van der Waals surface area contributed by atoms with Gasteiger partial charge in [0.1, 0.15) is 5.75 Å². The molecule has 1 aliphatic heterocycles. The van der Waals surface area contributed by atoms with Gasteiger partial charge in [-0.3, -0.25) is 14.9 Å². The summed E-state index contributed by atoms with van der Waals surface area (Å²) in [6, 6.07) is 12.3. The number of thiazole rings is 1. The molecule has 3 aromatic rings. The molecule has 6 nitrogen and oxygen atoms in total. The summed E-state index contributed by atoms with van der Waals surface area (Å²) in [5, 5.41) is 5.72. The van der Waals surface area contributed by atoms with Crippen molar-refractivity contribution >= 4 is 45.6 Å². The highest BCUT2D eigenvalue weighted by atomic mass is 35.5. The van der Waals surface area contributed by atoms with E-state index in [9.17, 15) is 9.59 Å². The van der Waals surface area contributed by atoms with Gasteiger partial charge in [-0.05, 0) is 49.4 Å². The maximum absolute atomic E-state index is 12.3. The molecule has 1 aliphatic rings. The second-order valence-corrected chi connectivity index (χ2v) is 7.40. The number of amides is 2. The molecule has 0 atom stereocenters. The summed E-state index contributed by atoms with van der Waals surface area (Å²) >= 11 is 7.19. The number of nitrogens with one attached hydrogen (secondary N) is 1. The van der Waals surface area contributed by atoms with Gasteiger partial charge in [0.15, 0.2) is 11.7 Å². The second kappa shape index (κ2) is 7.61. The first-order valence-corrected chi connectivity index (χ1v) is 9.91. The Kier molecular flexibility index (Phi) is 5.02. The molecular weight excluding hydrogens is 398 g/mol. The van der Waals surface area contributed by atoms with E-state index in [1.54, 1.807) is 29.2 Å². The van der Waals surface area contributed by atoms with Crippen LogP contribution in [0.2, 0.25) is 5.02 Å². The van der Waals surface area contributed by atoms with Crippen molar-refractivity contribution in [3.63, 3.8) is 0 Å². The molecule has 2 aromatic carbocycles. The molecule has 142 valence electrons. The number of hydrogen-bond donors (Lipinski definition) is 1. The fourth-order valence-corrected chi connectivity index (χ4v) is 3.78. The van der Waals surface area contributed by atoms with Gasteiger partial charge in [0, 0.05) is 28.1 Å². The van der Waals surface area contributed by atoms with Crippen molar-refractivity contribution in [1.29, 1.82) is 0 Å². The van der Waals surface area contributed by atoms with Crippen molar-refractivity contribution in [2.45, 2.75) is 6.92 Å². The quantitative estimate of drug-likeness (QED) is 0.685. The lowest BCUT2D eigenvalue weighted by Crippen LogP contribution is -2.38. The molecule has 1 N–H and O–H groups in total. The third kappa shape index (κ3) is 3.58. The van der Waals surface area contributed by atoms with E-state index in [1.165, 1.54) is 11.3 Å². The van der Waals surface area contributed by atoms with E-state index in [0.717, 1.165) is 11.3 Å². The summed E-state index contributed by atoms with van der Waals surface area (Å²) in [6.07, 6.45) is 0. The number of aromatic nitrogens is 1. The summed E-state index contributed by atoms with van der Waals surface area (Å²) < 4.78 is 5.50. The molecule has 4 rings (SSSR count). The number of hydrogen-bond acceptors (Lipinski definition) is 5. The maximum Gasteiger partial charge on any atom is 0.265 e. The van der Waals surface area contributed by atoms with E-state index in [1.807, 2.05) is 30.5 Å². The van der Waals surface area contributed by atoms with E-state index >= 15 is 0 Å². The second-order valence-electron chi connectivity index (χ2n) is 6.11. The molecule has 0 unspecified atom stereocenters. The first-order valence-electron chi connectivity index (χ1n) is 8.65. The minimum Gasteiger partial charge on any atom is -0.482 e. The van der Waals surface area contributed by atoms with E-state index in [4.69, 9.17) is 16.3 Å². The number of fused-ring (bicyclic) bond motifs is 1. The zero-order chi connectivity index (χ0) is 19.7. The normalized spacial score (nSPS) is 13.1. The first-order chi connectivity index (χ1) is 13.5. The van der Waals surface area contributed by atoms with Crippen LogP contribution in [0.4, 0.5) is 10.8 Å². The van der Waals surface area contributed by atoms with Crippen LogP contribution < -0.4 is 15.0 Å². The van der Waals surface area contributed by atoms with Gasteiger partial charge in [-0.2, -0.15) is 0 Å². The van der Waals surface area contributed by atoms with Crippen molar-refractivity contribution in [2.75, 3.05) is 23.4 Å². The van der Waals surface area contributed by atoms with Crippen LogP contribution in [0.25, 0.3) is 11.3 Å². The van der Waals surface area contributed by atoms with Crippen LogP contribution in [-0.2, 0) is 4.79 Å². The van der Waals surface area contributed by atoms with Crippen LogP contribution in [0, 0.1) is 0 Å². The van der Waals surface area contributed by atoms with Crippen LogP contribution in [0.15, 0.2) is 47.8 Å². The molecule has 0 saturated carbocycles. The standard InChI is InChI=1S/C20H16ClN3O3S/c1-2-24-16-9-13(5-8-17(16)27-10-18(24)25)15-11-28-20(22-15)23-19(26)12-3-6-14(21)7-4-12/h3-9,11H,2,10H2,1H3,(H,22,23,26). The highest BCUT2D eigenvalue weighted by Gasteiger charge is 2.24. The third-order valence-corrected chi connectivity index (χ3v) is 5.35. The van der Waals surface area contributed by atoms with Gasteiger partial charge in [0.05, 0.1) is 11.4 Å². The van der Waals surface area contributed by atoms with Crippen LogP contribution in [-0.4, -0.2) is 29.9 Å². The van der Waals surface area contributed by atoms with Crippen LogP contribution >= 0.6 is 22.9 Å². The Bertz CT molecular complexity index is 1050. The molecule has 1 aromatic heterocycles. The van der Waals surface area contributed by atoms with Crippen molar-refractivity contribution in [3.8, 4) is 17.0 Å². The van der Waals surface area contributed by atoms with E-state index in [-0.39, 0.29) is 18.4 Å². The number of ether oxygens (including phenoxy) is 1. The predicted octanol–water partition coefficient (Wildman–Crippen LogP) is 4.46. The van der Waals surface area contributed by atoms with Gasteiger partial charge in [-0.25, -0.2) is 4.98 Å². The van der Waals surface area contributed by atoms with Crippen LogP contribution in [0.5, 0.6) is 5.75 Å². The average Bonchev–Trinajstić information content (AvgIpc) is 3.16. The molecule has 0 saturated heterocycles. The van der Waals surface area contributed by atoms with Crippen molar-refractivity contribution in [2.24, 2.45) is 0 Å². The Hall–Kier alpha value is -2.90. The molecule has 0 fully saturated rings. The highest BCUT2D eigenvalue weighted by molar-refractivity contribution is 7.14. The van der Waals surface area contributed by atoms with Gasteiger partial charge in [-0.1, -0.05) is 11.6 Å². The van der Waals surface area contributed by atoms with Crippen LogP contribution in [0.1, 0.15) is 17.3 Å². The maximum atomic E-state index is 12.3. The third-order valence-electron chi connectivity index (χ3n) is 4.34. The summed E-state index contributed by atoms with van der Waals surface area (Å²) in [6.45, 7) is 2.54. The van der Waals surface area contributed by atoms with Gasteiger partial charge in [0.2, 0.25) is 0 Å². The van der Waals surface area contributed by atoms with Gasteiger partial charge >= 0.3 is 0 Å². The number of likely N-dealkylation sites (N-methyl/N-ethyl adjacent to an activating group) is 1. The van der Waals surface area contributed by atoms with Gasteiger partial charge in [-0.15, -0.1) is 11.3 Å². The molecule has 2 amide bonds. The van der Waals surface area contributed by atoms with Crippen molar-refractivity contribution in [1.82, 2.24) is 4.98 Å². The SMILES string of the molecule is CCN1C(=O)COc2ccc(-c3csc(NC(=O)c4ccc(Cl)cc4)n3)cc21. The topological polar surface area (TPSA) is 71.5 Å². The summed E-state index contributed by atoms with van der Waals surface area (Å²) in [5.41, 5.74) is 2.80. The number of anilines is 2. The Balaban J connectivity index is 1.56. The summed E-state index contributed by atoms with van der Waals surface area (Å²) in [5.74, 6) is 0.359. The molecule has 0 aliphatic carbocycles. The van der Waals surface area contributed by atoms with E-state index < -0.39 is 0 Å². The number of carbonyl (C=O) groups is 2. The zero-order valence-electron chi connectivity index (χ0n) is 14.9. The van der Waals surface area contributed by atoms with Crippen molar-refractivity contribution < 1.29 is 14.3 Å². The number of carbonyl (C=O) groups excluding carboxylic acids is 2. The van der Waals surface area contributed by atoms with E-state index in [0.29, 0.717) is 33.7 Å². The molecule has 0 bridgehead atoms. The molecule has 8 heteroatoms. The molecule has 2 heterocycles. The average molecular weight is 414 g/mol. The summed E-state index contributed by atoms with van der Waals surface area (Å²) in [4.78, 5) is 30.6. The van der Waals surface area contributed by atoms with Gasteiger partial charge < -0.3 is 9.64 Å². The largest absolute Gasteiger partial charge is 0.482 e. The highest BCUT2D eigenvalue weighted by Crippen LogP contribution is 2.36. The molecule has 0 radical (unpaired) electrons. The number of benzene rings is 2. The molecule has 28 heavy (non-hydrogen) atoms. The fraction of sp³-hybridized carbons (Fsp3) is 0.150. The lowest BCUT2D eigenvalue weighted by atomic mass is 10.1. The lowest BCUT2D eigenvalue weighted by molar-refractivity contribution is -0.121. The monoisotopic (exact) mass is 413 g/mol. The molecular formula is C20H16ClN3O3S. The molecule has 0 spiro atoms.